The van der Waals surface area contributed by atoms with Crippen LogP contribution in [0.25, 0.3) is 5.57 Å². The Morgan fingerprint density at radius 1 is 0.902 bits per heavy atom. The van der Waals surface area contributed by atoms with Crippen LogP contribution in [-0.4, -0.2) is 60.7 Å². The van der Waals surface area contributed by atoms with E-state index in [0.717, 1.165) is 30.3 Å². The van der Waals surface area contributed by atoms with Crippen LogP contribution < -0.4 is 4.74 Å². The highest BCUT2D eigenvalue weighted by Crippen LogP contribution is 2.44. The molecule has 0 saturated heterocycles. The van der Waals surface area contributed by atoms with Gasteiger partial charge in [0, 0.05) is 53.2 Å². The maximum Gasteiger partial charge on any atom is 0.677 e. The number of ether oxygens (including phenoxy) is 1. The van der Waals surface area contributed by atoms with Crippen molar-refractivity contribution in [2.75, 3.05) is 0 Å². The summed E-state index contributed by atoms with van der Waals surface area (Å²) in [5.74, 6) is -3.90. The van der Waals surface area contributed by atoms with Gasteiger partial charge in [-0.3, -0.25) is 43.4 Å². The molecule has 3 aromatic rings. The summed E-state index contributed by atoms with van der Waals surface area (Å²) < 4.78 is 36.8. The molecule has 0 bridgehead atoms. The number of aromatic carboxylic acids is 1. The molecule has 2 heterocycles. The number of halogens is 2. The van der Waals surface area contributed by atoms with Crippen LogP contribution in [0.5, 0.6) is 5.75 Å². The number of aliphatic carboxylic acids is 2. The number of carbonyl (C=O) groups is 3. The Bertz CT molecular complexity index is 2050. The number of rotatable bonds is 15. The zero-order valence-corrected chi connectivity index (χ0v) is 27.7. The van der Waals surface area contributed by atoms with Gasteiger partial charge in [0.05, 0.1) is 21.1 Å². The largest absolute Gasteiger partial charge is 0.677 e. The van der Waals surface area contributed by atoms with Crippen molar-refractivity contribution in [1.29, 1.82) is 0 Å². The van der Waals surface area contributed by atoms with Gasteiger partial charge in [-0.1, -0.05) is 0 Å². The maximum atomic E-state index is 15.1. The number of hydrogen-bond acceptors (Lipinski definition) is 9. The standard InChI is InChI=1S/C33H31BF2N4O11/c1-16-21(9-12-28(41)42)18(3)37-31(16)30(32-17(2)22(10-13-29(43)44)19(4)38(32)34(35)36)23-14-20(33(45)46)8-11-27(23)51-15-24-25(39(47)48)6-5-7-26(24)40(49)50/h5-8,11,14H,9-10,12-13,15H2,1-4H3,(H,41,42)(H,43,44)(H,45,46)/b31-30+. The Kier molecular flexibility index (Phi) is 11.2. The zero-order chi connectivity index (χ0) is 37.9. The van der Waals surface area contributed by atoms with E-state index < -0.39 is 65.1 Å². The van der Waals surface area contributed by atoms with Crippen molar-refractivity contribution in [3.8, 4) is 5.75 Å². The molecule has 0 spiro atoms. The molecular formula is C33H31BF2N4O11. The van der Waals surface area contributed by atoms with E-state index in [4.69, 9.17) is 4.74 Å². The number of nitrogens with zero attached hydrogens (tertiary/aromatic N) is 4. The van der Waals surface area contributed by atoms with Crippen LogP contribution in [0.15, 0.2) is 58.2 Å². The van der Waals surface area contributed by atoms with E-state index in [1.54, 1.807) is 13.8 Å². The van der Waals surface area contributed by atoms with Gasteiger partial charge in [-0.15, -0.1) is 0 Å². The van der Waals surface area contributed by atoms with Crippen molar-refractivity contribution in [3.05, 3.63) is 113 Å². The van der Waals surface area contributed by atoms with E-state index in [1.165, 1.54) is 19.9 Å². The number of carboxylic acids is 3. The number of aromatic nitrogens is 1. The topological polar surface area (TPSA) is 225 Å². The van der Waals surface area contributed by atoms with Crippen LogP contribution in [-0.2, 0) is 22.6 Å². The number of allylic oxidation sites excluding steroid dienone is 2. The van der Waals surface area contributed by atoms with Gasteiger partial charge in [0.25, 0.3) is 11.4 Å². The molecule has 1 aliphatic rings. The van der Waals surface area contributed by atoms with Crippen molar-refractivity contribution in [2.45, 2.75) is 60.0 Å². The molecule has 0 unspecified atom stereocenters. The lowest BCUT2D eigenvalue weighted by Crippen LogP contribution is -2.19. The first-order valence-electron chi connectivity index (χ1n) is 15.3. The minimum atomic E-state index is -3.20. The van der Waals surface area contributed by atoms with Crippen molar-refractivity contribution in [2.24, 2.45) is 4.99 Å². The Hall–Kier alpha value is -6.20. The fourth-order valence-corrected chi connectivity index (χ4v) is 6.19. The first-order valence-corrected chi connectivity index (χ1v) is 15.3. The minimum absolute atomic E-state index is 0.0187. The van der Waals surface area contributed by atoms with Crippen molar-refractivity contribution in [3.63, 3.8) is 0 Å². The summed E-state index contributed by atoms with van der Waals surface area (Å²) in [6, 6.07) is 6.63. The third-order valence-corrected chi connectivity index (χ3v) is 8.61. The van der Waals surface area contributed by atoms with Gasteiger partial charge in [0.1, 0.15) is 17.9 Å². The van der Waals surface area contributed by atoms with Crippen LogP contribution >= 0.6 is 0 Å². The average molecular weight is 708 g/mol. The molecule has 4 rings (SSSR count). The number of hydrogen-bond donors (Lipinski definition) is 3. The lowest BCUT2D eigenvalue weighted by Gasteiger charge is -2.20. The highest BCUT2D eigenvalue weighted by atomic mass is 19.2. The summed E-state index contributed by atoms with van der Waals surface area (Å²) in [6.07, 6.45) is -0.800. The van der Waals surface area contributed by atoms with Gasteiger partial charge in [0.15, 0.2) is 0 Å². The van der Waals surface area contributed by atoms with Gasteiger partial charge in [0.2, 0.25) is 0 Å². The van der Waals surface area contributed by atoms with E-state index in [-0.39, 0.29) is 69.9 Å². The van der Waals surface area contributed by atoms with Crippen LogP contribution in [0.2, 0.25) is 0 Å². The molecule has 1 aliphatic heterocycles. The first kappa shape index (κ1) is 37.6. The molecule has 51 heavy (non-hydrogen) atoms. The summed E-state index contributed by atoms with van der Waals surface area (Å²) >= 11 is 0. The molecule has 15 nitrogen and oxygen atoms in total. The molecule has 1 aromatic heterocycles. The molecule has 0 atom stereocenters. The summed E-state index contributed by atoms with van der Waals surface area (Å²) in [7, 11) is -3.20. The molecular weight excluding hydrogens is 677 g/mol. The van der Waals surface area contributed by atoms with Crippen molar-refractivity contribution >= 4 is 48.0 Å². The number of aliphatic imine (C=N–C) groups is 1. The predicted molar refractivity (Wildman–Crippen MR) is 179 cm³/mol. The highest BCUT2D eigenvalue weighted by Gasteiger charge is 2.35. The summed E-state index contributed by atoms with van der Waals surface area (Å²) in [5.41, 5.74) is -0.573. The molecule has 0 radical (unpaired) electrons. The van der Waals surface area contributed by atoms with Crippen molar-refractivity contribution < 1.29 is 52.9 Å². The van der Waals surface area contributed by atoms with Gasteiger partial charge in [-0.05, 0) is 87.1 Å². The fourth-order valence-electron chi connectivity index (χ4n) is 6.19. The van der Waals surface area contributed by atoms with Gasteiger partial charge < -0.3 is 24.5 Å². The van der Waals surface area contributed by atoms with E-state index >= 15 is 8.63 Å². The maximum absolute atomic E-state index is 15.1. The second-order valence-electron chi connectivity index (χ2n) is 11.6. The van der Waals surface area contributed by atoms with Gasteiger partial charge >= 0.3 is 25.3 Å². The minimum Gasteiger partial charge on any atom is -0.488 e. The van der Waals surface area contributed by atoms with Crippen LogP contribution in [0.1, 0.15) is 77.1 Å². The van der Waals surface area contributed by atoms with Gasteiger partial charge in [-0.2, -0.15) is 0 Å². The van der Waals surface area contributed by atoms with Crippen LogP contribution in [0.4, 0.5) is 20.0 Å². The molecule has 18 heteroatoms. The Morgan fingerprint density at radius 2 is 1.49 bits per heavy atom. The van der Waals surface area contributed by atoms with E-state index in [1.807, 2.05) is 0 Å². The molecule has 0 saturated carbocycles. The van der Waals surface area contributed by atoms with Crippen molar-refractivity contribution in [1.82, 2.24) is 4.48 Å². The molecule has 0 fully saturated rings. The molecule has 3 N–H and O–H groups in total. The Balaban J connectivity index is 2.12. The monoisotopic (exact) mass is 708 g/mol. The third-order valence-electron chi connectivity index (χ3n) is 8.61. The van der Waals surface area contributed by atoms with Gasteiger partial charge in [-0.25, -0.2) is 4.79 Å². The molecule has 0 aliphatic carbocycles. The first-order chi connectivity index (χ1) is 24.0. The number of nitro groups is 2. The predicted octanol–water partition coefficient (Wildman–Crippen LogP) is 6.40. The second kappa shape index (κ2) is 15.1. The quantitative estimate of drug-likeness (QED) is 0.0889. The Morgan fingerprint density at radius 3 is 2.02 bits per heavy atom. The third kappa shape index (κ3) is 7.69. The zero-order valence-electron chi connectivity index (χ0n) is 27.7. The lowest BCUT2D eigenvalue weighted by atomic mass is 9.90. The van der Waals surface area contributed by atoms with E-state index in [9.17, 15) is 49.9 Å². The fraction of sp³-hybridized carbons (Fsp3) is 0.273. The number of nitro benzene ring substituents is 2. The van der Waals surface area contributed by atoms with Crippen LogP contribution in [0, 0.1) is 34.1 Å². The van der Waals surface area contributed by atoms with E-state index in [0.29, 0.717) is 21.3 Å². The smallest absolute Gasteiger partial charge is 0.488 e. The summed E-state index contributed by atoms with van der Waals surface area (Å²) in [6.45, 7) is 5.28. The Labute approximate surface area is 288 Å². The molecule has 0 amide bonds. The van der Waals surface area contributed by atoms with E-state index in [2.05, 4.69) is 4.99 Å². The van der Waals surface area contributed by atoms with Crippen LogP contribution in [0.3, 0.4) is 0 Å². The number of benzene rings is 2. The summed E-state index contributed by atoms with van der Waals surface area (Å²) in [4.78, 5) is 61.8. The number of carboxylic acid groups (broad SMARTS) is 3. The summed E-state index contributed by atoms with van der Waals surface area (Å²) in [5, 5.41) is 52.3. The lowest BCUT2D eigenvalue weighted by molar-refractivity contribution is -0.396. The normalized spacial score (nSPS) is 13.6. The molecule has 2 aromatic carbocycles. The molecule has 266 valence electrons. The SMILES string of the molecule is CC1=N/C(=C(\c2cc(C(=O)O)ccc2OCc2c([N+](=O)[O-])cccc2[N+](=O)[O-])c2c(C)c(CCC(=O)O)c(C)n2B(F)F)C(C)=C1CCC(=O)O. The second-order valence-corrected chi connectivity index (χ2v) is 11.6. The average Bonchev–Trinajstić information content (AvgIpc) is 3.47. The highest BCUT2D eigenvalue weighted by molar-refractivity contribution is 6.41.